The van der Waals surface area contributed by atoms with Crippen molar-refractivity contribution < 1.29 is 8.78 Å². The predicted molar refractivity (Wildman–Crippen MR) is 56.0 cm³/mol. The molecule has 0 saturated carbocycles. The molecule has 2 aromatic rings. The van der Waals surface area contributed by atoms with Crippen molar-refractivity contribution in [3.63, 3.8) is 0 Å². The van der Waals surface area contributed by atoms with Crippen LogP contribution in [0.5, 0.6) is 0 Å². The van der Waals surface area contributed by atoms with E-state index >= 15 is 0 Å². The van der Waals surface area contributed by atoms with Crippen molar-refractivity contribution in [3.8, 4) is 0 Å². The number of aryl methyl sites for hydroxylation is 1. The van der Waals surface area contributed by atoms with E-state index in [-0.39, 0.29) is 0 Å². The molecule has 1 nitrogen and oxygen atoms in total. The molecule has 2 rings (SSSR count). The summed E-state index contributed by atoms with van der Waals surface area (Å²) in [7, 11) is 0. The minimum Gasteiger partial charge on any atom is -0.250 e. The van der Waals surface area contributed by atoms with Gasteiger partial charge in [-0.1, -0.05) is 6.07 Å². The maximum absolute atomic E-state index is 13.3. The minimum absolute atomic E-state index is 0.470. The standard InChI is InChI=1S/C11H9F2NS/c1-7-14-6-10(15-7)4-8-2-3-9(12)5-11(8)13/h2-3,5-6H,4H2,1H3. The van der Waals surface area contributed by atoms with Crippen LogP contribution in [0, 0.1) is 18.6 Å². The van der Waals surface area contributed by atoms with Gasteiger partial charge >= 0.3 is 0 Å². The number of aromatic nitrogens is 1. The molecule has 1 heterocycles. The number of nitrogens with zero attached hydrogens (tertiary/aromatic N) is 1. The van der Waals surface area contributed by atoms with Crippen LogP contribution in [0.2, 0.25) is 0 Å². The molecule has 15 heavy (non-hydrogen) atoms. The average Bonchev–Trinajstić information content (AvgIpc) is 2.56. The second-order valence-corrected chi connectivity index (χ2v) is 4.58. The molecule has 0 aliphatic carbocycles. The van der Waals surface area contributed by atoms with Crippen molar-refractivity contribution in [1.29, 1.82) is 0 Å². The summed E-state index contributed by atoms with van der Waals surface area (Å²) < 4.78 is 25.9. The first-order valence-electron chi connectivity index (χ1n) is 4.50. The summed E-state index contributed by atoms with van der Waals surface area (Å²) in [6.07, 6.45) is 2.19. The molecule has 1 aromatic heterocycles. The Morgan fingerprint density at radius 2 is 2.13 bits per heavy atom. The van der Waals surface area contributed by atoms with E-state index in [4.69, 9.17) is 0 Å². The highest BCUT2D eigenvalue weighted by Crippen LogP contribution is 2.18. The van der Waals surface area contributed by atoms with Gasteiger partial charge in [0, 0.05) is 23.6 Å². The SMILES string of the molecule is Cc1ncc(Cc2ccc(F)cc2F)s1. The Balaban J connectivity index is 2.24. The summed E-state index contributed by atoms with van der Waals surface area (Å²) in [5.41, 5.74) is 0.500. The minimum atomic E-state index is -0.545. The molecule has 0 unspecified atom stereocenters. The molecular formula is C11H9F2NS. The molecule has 0 fully saturated rings. The topological polar surface area (TPSA) is 12.9 Å². The Kier molecular flexibility index (Phi) is 2.77. The maximum atomic E-state index is 13.3. The van der Waals surface area contributed by atoms with E-state index in [1.165, 1.54) is 23.5 Å². The van der Waals surface area contributed by atoms with Gasteiger partial charge in [-0.2, -0.15) is 0 Å². The molecule has 0 saturated heterocycles. The monoisotopic (exact) mass is 225 g/mol. The van der Waals surface area contributed by atoms with Gasteiger partial charge in [-0.15, -0.1) is 11.3 Å². The van der Waals surface area contributed by atoms with E-state index in [1.807, 2.05) is 6.92 Å². The Morgan fingerprint density at radius 1 is 1.33 bits per heavy atom. The van der Waals surface area contributed by atoms with Crippen LogP contribution in [0.4, 0.5) is 8.78 Å². The fraction of sp³-hybridized carbons (Fsp3) is 0.182. The van der Waals surface area contributed by atoms with Crippen LogP contribution in [0.25, 0.3) is 0 Å². The van der Waals surface area contributed by atoms with E-state index in [1.54, 1.807) is 6.20 Å². The van der Waals surface area contributed by atoms with Crippen LogP contribution in [-0.4, -0.2) is 4.98 Å². The van der Waals surface area contributed by atoms with Gasteiger partial charge in [-0.25, -0.2) is 13.8 Å². The molecule has 0 aliphatic rings. The van der Waals surface area contributed by atoms with Crippen LogP contribution >= 0.6 is 11.3 Å². The predicted octanol–water partition coefficient (Wildman–Crippen LogP) is 3.32. The molecule has 0 amide bonds. The van der Waals surface area contributed by atoms with Gasteiger partial charge in [0.2, 0.25) is 0 Å². The lowest BCUT2D eigenvalue weighted by atomic mass is 10.1. The fourth-order valence-corrected chi connectivity index (χ4v) is 2.16. The van der Waals surface area contributed by atoms with Crippen LogP contribution in [-0.2, 0) is 6.42 Å². The van der Waals surface area contributed by atoms with Gasteiger partial charge in [0.15, 0.2) is 0 Å². The van der Waals surface area contributed by atoms with Crippen molar-refractivity contribution in [2.75, 3.05) is 0 Å². The van der Waals surface area contributed by atoms with Gasteiger partial charge in [0.1, 0.15) is 11.6 Å². The average molecular weight is 225 g/mol. The number of thiazole rings is 1. The molecule has 0 bridgehead atoms. The third-order valence-electron chi connectivity index (χ3n) is 2.05. The van der Waals surface area contributed by atoms with Gasteiger partial charge in [0.25, 0.3) is 0 Å². The van der Waals surface area contributed by atoms with E-state index in [9.17, 15) is 8.78 Å². The second kappa shape index (κ2) is 4.06. The number of hydrogen-bond acceptors (Lipinski definition) is 2. The van der Waals surface area contributed by atoms with Gasteiger partial charge in [-0.3, -0.25) is 0 Å². The van der Waals surface area contributed by atoms with Gasteiger partial charge in [-0.05, 0) is 18.6 Å². The molecule has 0 aliphatic heterocycles. The molecular weight excluding hydrogens is 216 g/mol. The maximum Gasteiger partial charge on any atom is 0.129 e. The zero-order valence-electron chi connectivity index (χ0n) is 8.13. The third kappa shape index (κ3) is 2.39. The quantitative estimate of drug-likeness (QED) is 0.764. The van der Waals surface area contributed by atoms with Crippen molar-refractivity contribution in [1.82, 2.24) is 4.98 Å². The first kappa shape index (κ1) is 10.2. The Morgan fingerprint density at radius 3 is 2.73 bits per heavy atom. The Labute approximate surface area is 90.4 Å². The van der Waals surface area contributed by atoms with E-state index in [0.717, 1.165) is 16.0 Å². The summed E-state index contributed by atoms with van der Waals surface area (Å²) in [4.78, 5) is 5.07. The van der Waals surface area contributed by atoms with Gasteiger partial charge < -0.3 is 0 Å². The summed E-state index contributed by atoms with van der Waals surface area (Å²) in [5, 5.41) is 0.951. The highest BCUT2D eigenvalue weighted by Gasteiger charge is 2.06. The first-order chi connectivity index (χ1) is 7.15. The van der Waals surface area contributed by atoms with Crippen molar-refractivity contribution in [3.05, 3.63) is 51.5 Å². The molecule has 0 atom stereocenters. The first-order valence-corrected chi connectivity index (χ1v) is 5.32. The number of hydrogen-bond donors (Lipinski definition) is 0. The lowest BCUT2D eigenvalue weighted by molar-refractivity contribution is 0.575. The summed E-state index contributed by atoms with van der Waals surface area (Å²) in [5.74, 6) is -1.04. The van der Waals surface area contributed by atoms with Crippen LogP contribution in [0.3, 0.4) is 0 Å². The second-order valence-electron chi connectivity index (χ2n) is 3.26. The van der Waals surface area contributed by atoms with E-state index in [0.29, 0.717) is 12.0 Å². The Hall–Kier alpha value is -1.29. The van der Waals surface area contributed by atoms with Crippen LogP contribution in [0.15, 0.2) is 24.4 Å². The fourth-order valence-electron chi connectivity index (χ4n) is 1.34. The summed E-state index contributed by atoms with van der Waals surface area (Å²) >= 11 is 1.52. The highest BCUT2D eigenvalue weighted by molar-refractivity contribution is 7.11. The lowest BCUT2D eigenvalue weighted by Crippen LogP contribution is -1.91. The Bertz CT molecular complexity index is 479. The molecule has 0 spiro atoms. The number of halogens is 2. The zero-order valence-corrected chi connectivity index (χ0v) is 8.94. The largest absolute Gasteiger partial charge is 0.250 e. The van der Waals surface area contributed by atoms with Crippen molar-refractivity contribution in [2.45, 2.75) is 13.3 Å². The molecule has 78 valence electrons. The molecule has 0 N–H and O–H groups in total. The zero-order chi connectivity index (χ0) is 10.8. The summed E-state index contributed by atoms with van der Waals surface area (Å²) in [6, 6.07) is 3.65. The normalized spacial score (nSPS) is 10.6. The van der Waals surface area contributed by atoms with Crippen molar-refractivity contribution in [2.24, 2.45) is 0 Å². The van der Waals surface area contributed by atoms with E-state index < -0.39 is 11.6 Å². The van der Waals surface area contributed by atoms with Crippen LogP contribution < -0.4 is 0 Å². The number of benzene rings is 1. The smallest absolute Gasteiger partial charge is 0.129 e. The lowest BCUT2D eigenvalue weighted by Gasteiger charge is -2.00. The highest BCUT2D eigenvalue weighted by atomic mass is 32.1. The molecule has 1 aromatic carbocycles. The molecule has 4 heteroatoms. The number of rotatable bonds is 2. The van der Waals surface area contributed by atoms with Crippen molar-refractivity contribution >= 4 is 11.3 Å². The molecule has 0 radical (unpaired) electrons. The van der Waals surface area contributed by atoms with Gasteiger partial charge in [0.05, 0.1) is 5.01 Å². The van der Waals surface area contributed by atoms with E-state index in [2.05, 4.69) is 4.98 Å². The van der Waals surface area contributed by atoms with Crippen LogP contribution in [0.1, 0.15) is 15.4 Å². The summed E-state index contributed by atoms with van der Waals surface area (Å²) in [6.45, 7) is 1.90. The third-order valence-corrected chi connectivity index (χ3v) is 2.96.